The Bertz CT molecular complexity index is 863. The summed E-state index contributed by atoms with van der Waals surface area (Å²) < 4.78 is 18.8. The summed E-state index contributed by atoms with van der Waals surface area (Å²) in [6, 6.07) is 11.4. The zero-order valence-electron chi connectivity index (χ0n) is 15.0. The van der Waals surface area contributed by atoms with Crippen molar-refractivity contribution >= 4 is 24.1 Å². The van der Waals surface area contributed by atoms with Crippen molar-refractivity contribution in [1.82, 2.24) is 4.90 Å². The molecule has 27 heavy (non-hydrogen) atoms. The number of halogens is 1. The molecule has 2 aromatic carbocycles. The van der Waals surface area contributed by atoms with Gasteiger partial charge in [-0.3, -0.25) is 4.90 Å². The number of nitrogens with one attached hydrogen (secondary N) is 2. The number of rotatable bonds is 7. The molecule has 3 rings (SSSR count). The maximum absolute atomic E-state index is 13.4. The molecule has 6 nitrogen and oxygen atoms in total. The first-order chi connectivity index (χ1) is 13.1. The van der Waals surface area contributed by atoms with Gasteiger partial charge in [0.2, 0.25) is 0 Å². The van der Waals surface area contributed by atoms with Crippen molar-refractivity contribution in [3.05, 3.63) is 59.4 Å². The number of hydrogen-bond acceptors (Lipinski definition) is 4. The van der Waals surface area contributed by atoms with Crippen LogP contribution in [-0.4, -0.2) is 43.6 Å². The zero-order chi connectivity index (χ0) is 19.4. The number of carbonyl (C=O) groups is 1. The summed E-state index contributed by atoms with van der Waals surface area (Å²) in [5.41, 5.74) is 2.14. The first-order valence-corrected chi connectivity index (χ1v) is 8.57. The highest BCUT2D eigenvalue weighted by atomic mass is 19.1. The van der Waals surface area contributed by atoms with Crippen molar-refractivity contribution in [2.45, 2.75) is 12.5 Å². The Morgan fingerprint density at radius 1 is 1.19 bits per heavy atom. The first kappa shape index (κ1) is 18.6. The predicted molar refractivity (Wildman–Crippen MR) is 103 cm³/mol. The predicted octanol–water partition coefficient (Wildman–Crippen LogP) is 3.66. The van der Waals surface area contributed by atoms with E-state index in [9.17, 15) is 9.18 Å². The highest BCUT2D eigenvalue weighted by Gasteiger charge is 2.30. The van der Waals surface area contributed by atoms with E-state index in [-0.39, 0.29) is 11.8 Å². The van der Waals surface area contributed by atoms with E-state index in [1.807, 2.05) is 0 Å². The van der Waals surface area contributed by atoms with E-state index in [0.29, 0.717) is 36.6 Å². The number of amides is 2. The summed E-state index contributed by atoms with van der Waals surface area (Å²) in [6.07, 6.45) is 2.35. The SMILES string of the molecule is COc1cc(N2CCN(Cc3cccc(F)c3)C2=O)ccc1C(C=N)C=N. The lowest BCUT2D eigenvalue weighted by atomic mass is 10.00. The summed E-state index contributed by atoms with van der Waals surface area (Å²) in [4.78, 5) is 16.1. The third kappa shape index (κ3) is 3.81. The Morgan fingerprint density at radius 3 is 2.63 bits per heavy atom. The standard InChI is InChI=1S/C20H21FN4O2/c1-27-19-10-17(5-6-18(19)15(11-22)12-23)25-8-7-24(20(25)26)13-14-3-2-4-16(21)9-14/h2-6,9-12,15,22-23H,7-8,13H2,1H3. The average Bonchev–Trinajstić information content (AvgIpc) is 3.03. The van der Waals surface area contributed by atoms with Crippen molar-refractivity contribution in [1.29, 1.82) is 10.8 Å². The molecule has 1 heterocycles. The van der Waals surface area contributed by atoms with Gasteiger partial charge in [0.05, 0.1) is 13.0 Å². The van der Waals surface area contributed by atoms with Crippen LogP contribution in [0.3, 0.4) is 0 Å². The van der Waals surface area contributed by atoms with Crippen LogP contribution in [0, 0.1) is 16.6 Å². The first-order valence-electron chi connectivity index (χ1n) is 8.57. The van der Waals surface area contributed by atoms with Crippen molar-refractivity contribution in [3.8, 4) is 5.75 Å². The van der Waals surface area contributed by atoms with Crippen LogP contribution in [0.5, 0.6) is 5.75 Å². The third-order valence-electron chi connectivity index (χ3n) is 4.60. The number of carbonyl (C=O) groups excluding carboxylic acids is 1. The molecule has 0 bridgehead atoms. The Balaban J connectivity index is 1.80. The van der Waals surface area contributed by atoms with Gasteiger partial charge in [0.15, 0.2) is 0 Å². The number of urea groups is 1. The van der Waals surface area contributed by atoms with Gasteiger partial charge in [-0.05, 0) is 23.8 Å². The van der Waals surface area contributed by atoms with Gasteiger partial charge in [-0.25, -0.2) is 9.18 Å². The number of hydrogen-bond donors (Lipinski definition) is 2. The second-order valence-electron chi connectivity index (χ2n) is 6.27. The van der Waals surface area contributed by atoms with E-state index in [4.69, 9.17) is 15.6 Å². The molecule has 2 amide bonds. The van der Waals surface area contributed by atoms with Crippen LogP contribution in [0.15, 0.2) is 42.5 Å². The maximum atomic E-state index is 13.4. The quantitative estimate of drug-likeness (QED) is 0.732. The lowest BCUT2D eigenvalue weighted by Gasteiger charge is -2.21. The highest BCUT2D eigenvalue weighted by Crippen LogP contribution is 2.31. The fourth-order valence-corrected chi connectivity index (χ4v) is 3.20. The number of nitrogens with zero attached hydrogens (tertiary/aromatic N) is 2. The Kier molecular flexibility index (Phi) is 5.49. The van der Waals surface area contributed by atoms with Gasteiger partial charge < -0.3 is 20.5 Å². The molecule has 0 unspecified atom stereocenters. The molecule has 0 aliphatic carbocycles. The van der Waals surface area contributed by atoms with Gasteiger partial charge in [0.25, 0.3) is 0 Å². The van der Waals surface area contributed by atoms with Crippen LogP contribution < -0.4 is 9.64 Å². The minimum atomic E-state index is -0.465. The van der Waals surface area contributed by atoms with Crippen LogP contribution in [0.2, 0.25) is 0 Å². The van der Waals surface area contributed by atoms with Gasteiger partial charge >= 0.3 is 6.03 Å². The Labute approximate surface area is 157 Å². The second-order valence-corrected chi connectivity index (χ2v) is 6.27. The van der Waals surface area contributed by atoms with Crippen molar-refractivity contribution in [2.75, 3.05) is 25.1 Å². The van der Waals surface area contributed by atoms with Gasteiger partial charge in [-0.1, -0.05) is 18.2 Å². The van der Waals surface area contributed by atoms with Gasteiger partial charge in [0.1, 0.15) is 11.6 Å². The summed E-state index contributed by atoms with van der Waals surface area (Å²) in [6.45, 7) is 1.42. The van der Waals surface area contributed by atoms with E-state index >= 15 is 0 Å². The number of methoxy groups -OCH3 is 1. The fourth-order valence-electron chi connectivity index (χ4n) is 3.20. The number of anilines is 1. The lowest BCUT2D eigenvalue weighted by molar-refractivity contribution is 0.218. The molecular weight excluding hydrogens is 347 g/mol. The molecule has 1 aliphatic rings. The molecule has 0 spiro atoms. The molecule has 0 aromatic heterocycles. The molecule has 0 saturated carbocycles. The summed E-state index contributed by atoms with van der Waals surface area (Å²) in [7, 11) is 1.52. The molecule has 7 heteroatoms. The molecule has 1 fully saturated rings. The Hall–Kier alpha value is -3.22. The van der Waals surface area contributed by atoms with E-state index in [1.165, 1.54) is 31.7 Å². The van der Waals surface area contributed by atoms with Crippen LogP contribution in [-0.2, 0) is 6.54 Å². The minimum absolute atomic E-state index is 0.148. The summed E-state index contributed by atoms with van der Waals surface area (Å²) >= 11 is 0. The maximum Gasteiger partial charge on any atom is 0.324 e. The smallest absolute Gasteiger partial charge is 0.324 e. The summed E-state index contributed by atoms with van der Waals surface area (Å²) in [5.74, 6) is -0.253. The molecule has 1 saturated heterocycles. The molecule has 0 radical (unpaired) electrons. The van der Waals surface area contributed by atoms with E-state index in [1.54, 1.807) is 40.1 Å². The van der Waals surface area contributed by atoms with Gasteiger partial charge in [-0.2, -0.15) is 0 Å². The normalized spacial score (nSPS) is 15.0. The zero-order valence-corrected chi connectivity index (χ0v) is 15.0. The summed E-state index contributed by atoms with van der Waals surface area (Å²) in [5, 5.41) is 14.9. The second kappa shape index (κ2) is 7.99. The van der Waals surface area contributed by atoms with Crippen LogP contribution in [0.1, 0.15) is 17.0 Å². The Morgan fingerprint density at radius 2 is 1.96 bits per heavy atom. The number of benzene rings is 2. The largest absolute Gasteiger partial charge is 0.496 e. The van der Waals surface area contributed by atoms with Gasteiger partial charge in [-0.15, -0.1) is 0 Å². The van der Waals surface area contributed by atoms with Crippen LogP contribution in [0.25, 0.3) is 0 Å². The van der Waals surface area contributed by atoms with E-state index < -0.39 is 5.92 Å². The average molecular weight is 368 g/mol. The van der Waals surface area contributed by atoms with Crippen LogP contribution >= 0.6 is 0 Å². The molecular formula is C20H21FN4O2. The number of ether oxygens (including phenoxy) is 1. The van der Waals surface area contributed by atoms with Crippen LogP contribution in [0.4, 0.5) is 14.9 Å². The molecule has 2 aromatic rings. The van der Waals surface area contributed by atoms with Crippen molar-refractivity contribution in [2.24, 2.45) is 0 Å². The van der Waals surface area contributed by atoms with E-state index in [2.05, 4.69) is 0 Å². The monoisotopic (exact) mass is 368 g/mol. The fraction of sp³-hybridized carbons (Fsp3) is 0.250. The lowest BCUT2D eigenvalue weighted by Crippen LogP contribution is -2.31. The van der Waals surface area contributed by atoms with Gasteiger partial charge in [0, 0.05) is 49.4 Å². The molecule has 0 atom stereocenters. The molecule has 140 valence electrons. The minimum Gasteiger partial charge on any atom is -0.496 e. The highest BCUT2D eigenvalue weighted by molar-refractivity contribution is 5.95. The van der Waals surface area contributed by atoms with Crippen molar-refractivity contribution in [3.63, 3.8) is 0 Å². The third-order valence-corrected chi connectivity index (χ3v) is 4.60. The van der Waals surface area contributed by atoms with Crippen molar-refractivity contribution < 1.29 is 13.9 Å². The topological polar surface area (TPSA) is 80.5 Å². The molecule has 2 N–H and O–H groups in total. The van der Waals surface area contributed by atoms with E-state index in [0.717, 1.165) is 5.56 Å². The molecule has 1 aliphatic heterocycles.